The Morgan fingerprint density at radius 3 is 1.00 bits per heavy atom. The summed E-state index contributed by atoms with van der Waals surface area (Å²) < 4.78 is 62.9. The van der Waals surface area contributed by atoms with Crippen molar-refractivity contribution in [3.8, 4) is 0 Å². The number of rotatable bonds is 17. The lowest BCUT2D eigenvalue weighted by atomic mass is 10.3. The topological polar surface area (TPSA) is 105 Å². The highest BCUT2D eigenvalue weighted by molar-refractivity contribution is 7.86. The fraction of sp³-hybridized carbons (Fsp3) is 1.00. The molecular weight excluding hydrogens is 360 g/mol. The van der Waals surface area contributed by atoms with Crippen molar-refractivity contribution in [2.45, 2.75) is 38.5 Å². The summed E-state index contributed by atoms with van der Waals surface area (Å²) in [7, 11) is -6.67. The Hall–Kier alpha value is -0.260. The molecule has 10 heteroatoms. The SMILES string of the molecule is CS(=O)(=O)OCCCCOCCCCOCCCCOS(C)(=O)=O. The predicted molar refractivity (Wildman–Crippen MR) is 90.9 cm³/mol. The van der Waals surface area contributed by atoms with Crippen LogP contribution in [0, 0.1) is 0 Å². The summed E-state index contributed by atoms with van der Waals surface area (Å²) in [6, 6.07) is 0. The molecule has 0 aromatic heterocycles. The molecule has 0 atom stereocenters. The van der Waals surface area contributed by atoms with Gasteiger partial charge in [-0.15, -0.1) is 0 Å². The van der Waals surface area contributed by atoms with Gasteiger partial charge < -0.3 is 9.47 Å². The molecule has 0 aliphatic rings. The maximum Gasteiger partial charge on any atom is 0.264 e. The molecule has 0 aliphatic carbocycles. The van der Waals surface area contributed by atoms with E-state index in [0.29, 0.717) is 39.3 Å². The molecule has 0 amide bonds. The van der Waals surface area contributed by atoms with Crippen molar-refractivity contribution >= 4 is 20.2 Å². The van der Waals surface area contributed by atoms with E-state index in [-0.39, 0.29) is 13.2 Å². The lowest BCUT2D eigenvalue weighted by Gasteiger charge is -2.06. The first-order chi connectivity index (χ1) is 11.2. The van der Waals surface area contributed by atoms with Crippen molar-refractivity contribution < 1.29 is 34.7 Å². The summed E-state index contributed by atoms with van der Waals surface area (Å²) in [4.78, 5) is 0. The highest BCUT2D eigenvalue weighted by Gasteiger charge is 2.01. The van der Waals surface area contributed by atoms with Crippen LogP contribution in [0.4, 0.5) is 0 Å². The molecule has 0 fully saturated rings. The summed E-state index contributed by atoms with van der Waals surface area (Å²) in [6.45, 7) is 2.89. The molecule has 0 heterocycles. The van der Waals surface area contributed by atoms with Gasteiger partial charge in [0.25, 0.3) is 20.2 Å². The van der Waals surface area contributed by atoms with Gasteiger partial charge in [0.15, 0.2) is 0 Å². The Labute approximate surface area is 146 Å². The van der Waals surface area contributed by atoms with E-state index >= 15 is 0 Å². The van der Waals surface area contributed by atoms with Crippen molar-refractivity contribution in [2.75, 3.05) is 52.2 Å². The Morgan fingerprint density at radius 2 is 0.750 bits per heavy atom. The number of hydrogen-bond donors (Lipinski definition) is 0. The van der Waals surface area contributed by atoms with Gasteiger partial charge in [-0.2, -0.15) is 16.8 Å². The zero-order chi connectivity index (χ0) is 18.3. The molecule has 0 unspecified atom stereocenters. The van der Waals surface area contributed by atoms with Crippen LogP contribution in [0.5, 0.6) is 0 Å². The first-order valence-corrected chi connectivity index (χ1v) is 11.7. The van der Waals surface area contributed by atoms with Crippen LogP contribution in [-0.4, -0.2) is 69.0 Å². The lowest BCUT2D eigenvalue weighted by molar-refractivity contribution is 0.0970. The Morgan fingerprint density at radius 1 is 0.500 bits per heavy atom. The Bertz CT molecular complexity index is 441. The fourth-order valence-electron chi connectivity index (χ4n) is 1.65. The van der Waals surface area contributed by atoms with Crippen LogP contribution in [0.3, 0.4) is 0 Å². The second-order valence-corrected chi connectivity index (χ2v) is 8.69. The minimum atomic E-state index is -3.34. The van der Waals surface area contributed by atoms with E-state index in [1.807, 2.05) is 0 Å². The second kappa shape index (κ2) is 14.0. The molecule has 146 valence electrons. The van der Waals surface area contributed by atoms with Gasteiger partial charge >= 0.3 is 0 Å². The molecule has 0 N–H and O–H groups in total. The highest BCUT2D eigenvalue weighted by atomic mass is 32.2. The van der Waals surface area contributed by atoms with Crippen LogP contribution >= 0.6 is 0 Å². The van der Waals surface area contributed by atoms with E-state index in [2.05, 4.69) is 8.37 Å². The van der Waals surface area contributed by atoms with Gasteiger partial charge in [-0.25, -0.2) is 0 Å². The molecule has 0 saturated heterocycles. The van der Waals surface area contributed by atoms with Gasteiger partial charge in [-0.1, -0.05) is 0 Å². The second-order valence-electron chi connectivity index (χ2n) is 5.40. The van der Waals surface area contributed by atoms with Gasteiger partial charge in [0.2, 0.25) is 0 Å². The first kappa shape index (κ1) is 23.7. The van der Waals surface area contributed by atoms with Crippen LogP contribution < -0.4 is 0 Å². The van der Waals surface area contributed by atoms with Crippen LogP contribution in [-0.2, 0) is 38.1 Å². The number of ether oxygens (including phenoxy) is 2. The van der Waals surface area contributed by atoms with Gasteiger partial charge in [-0.05, 0) is 38.5 Å². The van der Waals surface area contributed by atoms with Crippen LogP contribution in [0.1, 0.15) is 38.5 Å². The van der Waals surface area contributed by atoms with Crippen molar-refractivity contribution in [2.24, 2.45) is 0 Å². The largest absolute Gasteiger partial charge is 0.381 e. The third-order valence-electron chi connectivity index (χ3n) is 2.79. The van der Waals surface area contributed by atoms with Crippen molar-refractivity contribution in [3.63, 3.8) is 0 Å². The maximum absolute atomic E-state index is 10.7. The molecule has 0 saturated carbocycles. The normalized spacial score (nSPS) is 12.6. The van der Waals surface area contributed by atoms with Crippen molar-refractivity contribution in [1.82, 2.24) is 0 Å². The van der Waals surface area contributed by atoms with E-state index in [9.17, 15) is 16.8 Å². The average Bonchev–Trinajstić information content (AvgIpc) is 2.44. The van der Waals surface area contributed by atoms with Crippen LogP contribution in [0.25, 0.3) is 0 Å². The molecular formula is C14H30O8S2. The van der Waals surface area contributed by atoms with Gasteiger partial charge in [0.1, 0.15) is 0 Å². The average molecular weight is 391 g/mol. The molecule has 0 aliphatic heterocycles. The predicted octanol–water partition coefficient (Wildman–Crippen LogP) is 1.31. The van der Waals surface area contributed by atoms with Gasteiger partial charge in [0.05, 0.1) is 25.7 Å². The molecule has 0 bridgehead atoms. The fourth-order valence-corrected chi connectivity index (χ4v) is 2.49. The van der Waals surface area contributed by atoms with Gasteiger partial charge in [0, 0.05) is 26.4 Å². The summed E-state index contributed by atoms with van der Waals surface area (Å²) in [6.07, 6.45) is 6.71. The molecule has 0 aromatic carbocycles. The van der Waals surface area contributed by atoms with Crippen molar-refractivity contribution in [1.29, 1.82) is 0 Å². The standard InChI is InChI=1S/C14H30O8S2/c1-23(15,16)21-13-7-5-11-19-9-3-4-10-20-12-6-8-14-22-24(2,17)18/h3-14H2,1-2H3. The van der Waals surface area contributed by atoms with Gasteiger partial charge in [-0.3, -0.25) is 8.37 Å². The summed E-state index contributed by atoms with van der Waals surface area (Å²) in [5.41, 5.74) is 0. The van der Waals surface area contributed by atoms with E-state index in [0.717, 1.165) is 38.2 Å². The third-order valence-corrected chi connectivity index (χ3v) is 3.98. The van der Waals surface area contributed by atoms with E-state index in [4.69, 9.17) is 9.47 Å². The van der Waals surface area contributed by atoms with Crippen molar-refractivity contribution in [3.05, 3.63) is 0 Å². The van der Waals surface area contributed by atoms with E-state index in [1.54, 1.807) is 0 Å². The molecule has 0 rings (SSSR count). The zero-order valence-corrected chi connectivity index (χ0v) is 16.2. The smallest absolute Gasteiger partial charge is 0.264 e. The number of unbranched alkanes of at least 4 members (excludes halogenated alkanes) is 3. The van der Waals surface area contributed by atoms with E-state index < -0.39 is 20.2 Å². The highest BCUT2D eigenvalue weighted by Crippen LogP contribution is 1.99. The van der Waals surface area contributed by atoms with Crippen LogP contribution in [0.2, 0.25) is 0 Å². The zero-order valence-electron chi connectivity index (χ0n) is 14.6. The summed E-state index contributed by atoms with van der Waals surface area (Å²) >= 11 is 0. The number of hydrogen-bond acceptors (Lipinski definition) is 8. The Kier molecular flexibility index (Phi) is 13.8. The van der Waals surface area contributed by atoms with Crippen LogP contribution in [0.15, 0.2) is 0 Å². The molecule has 0 spiro atoms. The summed E-state index contributed by atoms with van der Waals surface area (Å²) in [5, 5.41) is 0. The first-order valence-electron chi connectivity index (χ1n) is 8.05. The monoisotopic (exact) mass is 390 g/mol. The molecule has 0 radical (unpaired) electrons. The lowest BCUT2D eigenvalue weighted by Crippen LogP contribution is -2.06. The molecule has 24 heavy (non-hydrogen) atoms. The maximum atomic E-state index is 10.7. The quantitative estimate of drug-likeness (QED) is 0.270. The molecule has 0 aromatic rings. The molecule has 8 nitrogen and oxygen atoms in total. The minimum absolute atomic E-state index is 0.200. The van der Waals surface area contributed by atoms with E-state index in [1.165, 1.54) is 0 Å². The minimum Gasteiger partial charge on any atom is -0.381 e. The Balaban J connectivity index is 3.13. The third kappa shape index (κ3) is 21.7. The summed E-state index contributed by atoms with van der Waals surface area (Å²) in [5.74, 6) is 0.